The van der Waals surface area contributed by atoms with Crippen molar-refractivity contribution >= 4 is 23.1 Å². The number of rotatable bonds is 4. The summed E-state index contributed by atoms with van der Waals surface area (Å²) in [7, 11) is 0. The molecule has 0 radical (unpaired) electrons. The van der Waals surface area contributed by atoms with Crippen LogP contribution in [0.4, 0.5) is 0 Å². The summed E-state index contributed by atoms with van der Waals surface area (Å²) in [6.45, 7) is 23.7. The van der Waals surface area contributed by atoms with E-state index in [1.807, 2.05) is 0 Å². The Balaban J connectivity index is -0.000000256. The average molecular weight is 281 g/mol. The maximum atomic E-state index is 4.40. The first-order valence-electron chi connectivity index (χ1n) is 7.17. The van der Waals surface area contributed by atoms with Crippen LogP contribution in [0, 0.1) is 10.8 Å². The molecule has 0 rings (SSSR count). The Labute approximate surface area is 139 Å². The normalized spacial score (nSPS) is 12.0. The molecule has 3 heteroatoms. The smallest absolute Gasteiger partial charge is 0.660 e. The molecule has 0 heterocycles. The van der Waals surface area contributed by atoms with Crippen LogP contribution in [0.5, 0.6) is 0 Å². The van der Waals surface area contributed by atoms with Crippen LogP contribution in [0.3, 0.4) is 0 Å². The third kappa shape index (κ3) is 32.3. The molecule has 0 bridgehead atoms. The summed E-state index contributed by atoms with van der Waals surface area (Å²) in [5.41, 5.74) is 0.731. The molecule has 0 saturated carbocycles. The van der Waals surface area contributed by atoms with Gasteiger partial charge >= 0.3 is 23.1 Å². The van der Waals surface area contributed by atoms with Crippen molar-refractivity contribution in [3.05, 3.63) is 10.6 Å². The molecule has 0 saturated heterocycles. The second kappa shape index (κ2) is 11.4. The summed E-state index contributed by atoms with van der Waals surface area (Å²) in [6, 6.07) is 0.980. The minimum absolute atomic E-state index is 0. The summed E-state index contributed by atoms with van der Waals surface area (Å²) in [5.74, 6) is 0. The number of hydrogen-bond acceptors (Lipinski definition) is 0. The summed E-state index contributed by atoms with van der Waals surface area (Å²) in [4.78, 5) is 0. The van der Waals surface area contributed by atoms with E-state index in [-0.39, 0.29) is 23.1 Å². The number of nitrogens with zero attached hydrogens (tertiary/aromatic N) is 2. The Morgan fingerprint density at radius 2 is 0.842 bits per heavy atom. The molecule has 112 valence electrons. The molecule has 0 aromatic rings. The van der Waals surface area contributed by atoms with Crippen molar-refractivity contribution in [1.82, 2.24) is 0 Å². The summed E-state index contributed by atoms with van der Waals surface area (Å²) < 4.78 is 0. The zero-order valence-corrected chi connectivity index (χ0v) is 16.6. The molecular formula is C16H36MgN2. The van der Waals surface area contributed by atoms with Gasteiger partial charge in [-0.25, -0.2) is 0 Å². The summed E-state index contributed by atoms with van der Waals surface area (Å²) in [5, 5.41) is 8.79. The Morgan fingerprint density at radius 1 is 0.632 bits per heavy atom. The largest absolute Gasteiger partial charge is 2.00 e. The van der Waals surface area contributed by atoms with Gasteiger partial charge in [-0.3, -0.25) is 0 Å². The van der Waals surface area contributed by atoms with E-state index >= 15 is 0 Å². The molecule has 0 aliphatic heterocycles. The molecule has 0 aliphatic rings. The van der Waals surface area contributed by atoms with Gasteiger partial charge in [-0.15, -0.1) is 25.2 Å². The average Bonchev–Trinajstić information content (AvgIpc) is 2.10. The van der Waals surface area contributed by atoms with Crippen LogP contribution in [0.2, 0.25) is 0 Å². The Kier molecular flexibility index (Phi) is 14.8. The van der Waals surface area contributed by atoms with E-state index in [2.05, 4.69) is 79.9 Å². The van der Waals surface area contributed by atoms with Crippen LogP contribution in [0.15, 0.2) is 0 Å². The van der Waals surface area contributed by atoms with Gasteiger partial charge in [0.1, 0.15) is 0 Å². The van der Waals surface area contributed by atoms with Gasteiger partial charge in [0.05, 0.1) is 0 Å². The molecule has 0 atom stereocenters. The second-order valence-corrected chi connectivity index (χ2v) is 7.99. The first-order valence-corrected chi connectivity index (χ1v) is 7.17. The molecule has 0 aromatic carbocycles. The maximum Gasteiger partial charge on any atom is 2.00 e. The Hall–Kier alpha value is 0.686. The molecular weight excluding hydrogens is 244 g/mol. The molecule has 0 amide bonds. The van der Waals surface area contributed by atoms with Gasteiger partial charge in [0, 0.05) is 0 Å². The fourth-order valence-electron chi connectivity index (χ4n) is 0.913. The van der Waals surface area contributed by atoms with E-state index in [0.29, 0.717) is 22.9 Å². The van der Waals surface area contributed by atoms with Crippen LogP contribution in [0.1, 0.15) is 69.2 Å². The van der Waals surface area contributed by atoms with Crippen molar-refractivity contribution in [2.75, 3.05) is 13.1 Å². The Morgan fingerprint density at radius 3 is 0.895 bits per heavy atom. The van der Waals surface area contributed by atoms with E-state index in [0.717, 1.165) is 13.1 Å². The van der Waals surface area contributed by atoms with Crippen LogP contribution in [-0.4, -0.2) is 48.2 Å². The van der Waals surface area contributed by atoms with Crippen LogP contribution in [0.25, 0.3) is 10.6 Å². The van der Waals surface area contributed by atoms with E-state index in [1.165, 1.54) is 0 Å². The monoisotopic (exact) mass is 280 g/mol. The molecule has 19 heavy (non-hydrogen) atoms. The third-order valence-corrected chi connectivity index (χ3v) is 1.86. The van der Waals surface area contributed by atoms with Crippen molar-refractivity contribution in [1.29, 1.82) is 0 Å². The van der Waals surface area contributed by atoms with E-state index < -0.39 is 0 Å². The van der Waals surface area contributed by atoms with Crippen molar-refractivity contribution < 1.29 is 0 Å². The van der Waals surface area contributed by atoms with E-state index in [1.54, 1.807) is 0 Å². The van der Waals surface area contributed by atoms with E-state index in [9.17, 15) is 0 Å². The standard InChI is InChI=1S/2C8H18N.Mg/c2*1-7(2)9-6-8(3,4)5;/h2*7H,6H2,1-5H3;/q2*-1;+2. The van der Waals surface area contributed by atoms with Crippen LogP contribution >= 0.6 is 0 Å². The van der Waals surface area contributed by atoms with Crippen LogP contribution in [-0.2, 0) is 0 Å². The molecule has 2 nitrogen and oxygen atoms in total. The van der Waals surface area contributed by atoms with Gasteiger partial charge in [0.15, 0.2) is 0 Å². The maximum absolute atomic E-state index is 4.40. The molecule has 0 spiro atoms. The van der Waals surface area contributed by atoms with Crippen LogP contribution < -0.4 is 0 Å². The first-order chi connectivity index (χ1) is 7.83. The fourth-order valence-corrected chi connectivity index (χ4v) is 0.913. The summed E-state index contributed by atoms with van der Waals surface area (Å²) in [6.07, 6.45) is 0. The predicted molar refractivity (Wildman–Crippen MR) is 91.4 cm³/mol. The topological polar surface area (TPSA) is 28.2 Å². The van der Waals surface area contributed by atoms with Crippen molar-refractivity contribution in [3.8, 4) is 0 Å². The quantitative estimate of drug-likeness (QED) is 0.629. The minimum Gasteiger partial charge on any atom is -0.660 e. The van der Waals surface area contributed by atoms with Crippen molar-refractivity contribution in [2.24, 2.45) is 10.8 Å². The van der Waals surface area contributed by atoms with Crippen molar-refractivity contribution in [3.63, 3.8) is 0 Å². The van der Waals surface area contributed by atoms with Gasteiger partial charge < -0.3 is 10.6 Å². The third-order valence-electron chi connectivity index (χ3n) is 1.86. The minimum atomic E-state index is 0. The molecule has 0 fully saturated rings. The molecule has 0 unspecified atom stereocenters. The second-order valence-electron chi connectivity index (χ2n) is 7.99. The van der Waals surface area contributed by atoms with Gasteiger partial charge in [-0.1, -0.05) is 80.1 Å². The zero-order valence-electron chi connectivity index (χ0n) is 15.2. The number of hydrogen-bond donors (Lipinski definition) is 0. The van der Waals surface area contributed by atoms with Crippen molar-refractivity contribution in [2.45, 2.75) is 81.3 Å². The molecule has 0 aliphatic carbocycles. The fraction of sp³-hybridized carbons (Fsp3) is 1.00. The predicted octanol–water partition coefficient (Wildman–Crippen LogP) is 5.25. The SMILES string of the molecule is CC(C)[N-]CC(C)(C)C.CC(C)[N-]CC(C)(C)C.[Mg+2]. The Bertz CT molecular complexity index is 166. The van der Waals surface area contributed by atoms with Gasteiger partial charge in [-0.05, 0) is 0 Å². The zero-order chi connectivity index (χ0) is 15.0. The van der Waals surface area contributed by atoms with E-state index in [4.69, 9.17) is 0 Å². The first kappa shape index (κ1) is 24.7. The summed E-state index contributed by atoms with van der Waals surface area (Å²) >= 11 is 0. The van der Waals surface area contributed by atoms with Gasteiger partial charge in [0.2, 0.25) is 0 Å². The molecule has 0 aromatic heterocycles. The van der Waals surface area contributed by atoms with Gasteiger partial charge in [0.25, 0.3) is 0 Å². The van der Waals surface area contributed by atoms with Gasteiger partial charge in [-0.2, -0.15) is 0 Å². The molecule has 0 N–H and O–H groups in total.